The van der Waals surface area contributed by atoms with Gasteiger partial charge in [0.15, 0.2) is 0 Å². The van der Waals surface area contributed by atoms with Gasteiger partial charge in [-0.1, -0.05) is 37.0 Å². The van der Waals surface area contributed by atoms with Crippen LogP contribution < -0.4 is 5.73 Å². The van der Waals surface area contributed by atoms with Crippen LogP contribution in [-0.2, 0) is 16.6 Å². The Kier molecular flexibility index (Phi) is 5.87. The molecule has 0 heterocycles. The molecule has 20 heavy (non-hydrogen) atoms. The predicted octanol–water partition coefficient (Wildman–Crippen LogP) is 3.12. The zero-order chi connectivity index (χ0) is 15.7. The fourth-order valence-electron chi connectivity index (χ4n) is 1.76. The number of benzene rings is 1. The van der Waals surface area contributed by atoms with Crippen molar-refractivity contribution in [2.75, 3.05) is 7.05 Å². The van der Waals surface area contributed by atoms with Gasteiger partial charge in [0.1, 0.15) is 4.90 Å². The molecule has 0 bridgehead atoms. The Bertz CT molecular complexity index is 588. The summed E-state index contributed by atoms with van der Waals surface area (Å²) in [5.41, 5.74) is 6.01. The molecule has 0 spiro atoms. The van der Waals surface area contributed by atoms with Gasteiger partial charge in [0.2, 0.25) is 10.0 Å². The third-order valence-corrected chi connectivity index (χ3v) is 6.43. The number of nitrogens with two attached hydrogens (primary N) is 1. The Morgan fingerprint density at radius 1 is 1.25 bits per heavy atom. The van der Waals surface area contributed by atoms with E-state index in [4.69, 9.17) is 28.9 Å². The number of hydrogen-bond acceptors (Lipinski definition) is 3. The second-order valence-corrected chi connectivity index (χ2v) is 7.80. The summed E-state index contributed by atoms with van der Waals surface area (Å²) in [5.74, 6) is 0.190. The maximum atomic E-state index is 12.6. The average molecular weight is 339 g/mol. The first-order chi connectivity index (χ1) is 9.14. The summed E-state index contributed by atoms with van der Waals surface area (Å²) in [6.45, 7) is 5.87. The lowest BCUT2D eigenvalue weighted by Gasteiger charge is -2.27. The van der Waals surface area contributed by atoms with E-state index in [9.17, 15) is 8.42 Å². The van der Waals surface area contributed by atoms with Crippen LogP contribution in [0.4, 0.5) is 0 Å². The minimum Gasteiger partial charge on any atom is -0.326 e. The quantitative estimate of drug-likeness (QED) is 0.896. The van der Waals surface area contributed by atoms with Crippen LogP contribution in [0.1, 0.15) is 26.3 Å². The van der Waals surface area contributed by atoms with Crippen LogP contribution in [0.15, 0.2) is 17.0 Å². The van der Waals surface area contributed by atoms with Crippen molar-refractivity contribution >= 4 is 33.2 Å². The largest absolute Gasteiger partial charge is 0.326 e. The van der Waals surface area contributed by atoms with Gasteiger partial charge in [0.25, 0.3) is 0 Å². The third-order valence-electron chi connectivity index (χ3n) is 3.55. The molecule has 0 aromatic heterocycles. The van der Waals surface area contributed by atoms with E-state index in [-0.39, 0.29) is 28.4 Å². The van der Waals surface area contributed by atoms with Gasteiger partial charge in [0.05, 0.1) is 5.02 Å². The number of rotatable bonds is 5. The molecule has 1 atom stereocenters. The fourth-order valence-corrected chi connectivity index (χ4v) is 4.15. The second-order valence-electron chi connectivity index (χ2n) is 5.05. The molecule has 0 aliphatic heterocycles. The van der Waals surface area contributed by atoms with Gasteiger partial charge in [-0.2, -0.15) is 4.31 Å². The molecule has 0 amide bonds. The first kappa shape index (κ1) is 17.7. The lowest BCUT2D eigenvalue weighted by atomic mass is 10.1. The predicted molar refractivity (Wildman–Crippen MR) is 83.6 cm³/mol. The molecule has 1 unspecified atom stereocenters. The number of sulfonamides is 1. The number of hydrogen-bond donors (Lipinski definition) is 1. The van der Waals surface area contributed by atoms with Crippen molar-refractivity contribution in [2.45, 2.75) is 38.3 Å². The van der Waals surface area contributed by atoms with E-state index in [2.05, 4.69) is 0 Å². The molecule has 0 saturated heterocycles. The standard InChI is InChI=1S/C13H20Cl2N2O2S/c1-8(2)9(3)17(4)20(18,19)12-6-5-11(14)10(7-16)13(12)15/h5-6,8-9H,7,16H2,1-4H3. The van der Waals surface area contributed by atoms with E-state index < -0.39 is 10.0 Å². The van der Waals surface area contributed by atoms with Crippen molar-refractivity contribution in [1.29, 1.82) is 0 Å². The van der Waals surface area contributed by atoms with Gasteiger partial charge < -0.3 is 5.73 Å². The molecular formula is C13H20Cl2N2O2S. The third kappa shape index (κ3) is 3.28. The Labute approximate surface area is 130 Å². The Morgan fingerprint density at radius 2 is 1.80 bits per heavy atom. The van der Waals surface area contributed by atoms with Gasteiger partial charge in [0, 0.05) is 30.2 Å². The maximum Gasteiger partial charge on any atom is 0.244 e. The molecule has 0 saturated carbocycles. The molecule has 0 aliphatic rings. The fraction of sp³-hybridized carbons (Fsp3) is 0.538. The molecule has 7 heteroatoms. The molecule has 1 aromatic rings. The van der Waals surface area contributed by atoms with Crippen molar-refractivity contribution in [3.63, 3.8) is 0 Å². The molecule has 1 aromatic carbocycles. The molecule has 0 radical (unpaired) electrons. The van der Waals surface area contributed by atoms with Crippen LogP contribution in [0.5, 0.6) is 0 Å². The first-order valence-corrected chi connectivity index (χ1v) is 8.49. The van der Waals surface area contributed by atoms with Crippen LogP contribution in [0.2, 0.25) is 10.0 Å². The average Bonchev–Trinajstić information content (AvgIpc) is 2.36. The van der Waals surface area contributed by atoms with Gasteiger partial charge in [-0.3, -0.25) is 0 Å². The zero-order valence-electron chi connectivity index (χ0n) is 12.0. The molecule has 0 aliphatic carbocycles. The summed E-state index contributed by atoms with van der Waals surface area (Å²) in [6, 6.07) is 2.78. The summed E-state index contributed by atoms with van der Waals surface area (Å²) in [7, 11) is -2.13. The molecule has 1 rings (SSSR count). The van der Waals surface area contributed by atoms with Crippen molar-refractivity contribution < 1.29 is 8.42 Å². The summed E-state index contributed by atoms with van der Waals surface area (Å²) < 4.78 is 26.6. The Hall–Kier alpha value is -0.330. The SMILES string of the molecule is CC(C)C(C)N(C)S(=O)(=O)c1ccc(Cl)c(CN)c1Cl. The van der Waals surface area contributed by atoms with Crippen LogP contribution >= 0.6 is 23.2 Å². The van der Waals surface area contributed by atoms with E-state index in [0.717, 1.165) is 0 Å². The Morgan fingerprint density at radius 3 is 2.25 bits per heavy atom. The van der Waals surface area contributed by atoms with E-state index in [1.54, 1.807) is 7.05 Å². The van der Waals surface area contributed by atoms with Crippen molar-refractivity contribution in [3.05, 3.63) is 27.7 Å². The van der Waals surface area contributed by atoms with Gasteiger partial charge in [-0.05, 0) is 25.0 Å². The highest BCUT2D eigenvalue weighted by Gasteiger charge is 2.30. The van der Waals surface area contributed by atoms with E-state index in [1.165, 1.54) is 16.4 Å². The zero-order valence-corrected chi connectivity index (χ0v) is 14.4. The van der Waals surface area contributed by atoms with Crippen molar-refractivity contribution in [1.82, 2.24) is 4.31 Å². The molecule has 4 nitrogen and oxygen atoms in total. The molecule has 2 N–H and O–H groups in total. The van der Waals surface area contributed by atoms with Crippen LogP contribution in [0.25, 0.3) is 0 Å². The van der Waals surface area contributed by atoms with Gasteiger partial charge in [-0.15, -0.1) is 0 Å². The number of halogens is 2. The lowest BCUT2D eigenvalue weighted by Crippen LogP contribution is -2.38. The van der Waals surface area contributed by atoms with Crippen LogP contribution in [0, 0.1) is 5.92 Å². The maximum absolute atomic E-state index is 12.6. The van der Waals surface area contributed by atoms with Gasteiger partial charge >= 0.3 is 0 Å². The minimum absolute atomic E-state index is 0.0408. The number of nitrogens with zero attached hydrogens (tertiary/aromatic N) is 1. The molecule has 114 valence electrons. The van der Waals surface area contributed by atoms with E-state index >= 15 is 0 Å². The van der Waals surface area contributed by atoms with Gasteiger partial charge in [-0.25, -0.2) is 8.42 Å². The first-order valence-electron chi connectivity index (χ1n) is 6.29. The lowest BCUT2D eigenvalue weighted by molar-refractivity contribution is 0.316. The highest BCUT2D eigenvalue weighted by atomic mass is 35.5. The smallest absolute Gasteiger partial charge is 0.244 e. The summed E-state index contributed by atoms with van der Waals surface area (Å²) in [5, 5.41) is 0.471. The minimum atomic E-state index is -3.68. The van der Waals surface area contributed by atoms with E-state index in [1.807, 2.05) is 20.8 Å². The van der Waals surface area contributed by atoms with E-state index in [0.29, 0.717) is 10.6 Å². The molecular weight excluding hydrogens is 319 g/mol. The summed E-state index contributed by atoms with van der Waals surface area (Å²) in [4.78, 5) is 0.0408. The van der Waals surface area contributed by atoms with Crippen LogP contribution in [0.3, 0.4) is 0 Å². The monoisotopic (exact) mass is 338 g/mol. The highest BCUT2D eigenvalue weighted by Crippen LogP contribution is 2.33. The highest BCUT2D eigenvalue weighted by molar-refractivity contribution is 7.89. The topological polar surface area (TPSA) is 63.4 Å². The summed E-state index contributed by atoms with van der Waals surface area (Å²) >= 11 is 12.1. The van der Waals surface area contributed by atoms with Crippen LogP contribution in [-0.4, -0.2) is 25.8 Å². The van der Waals surface area contributed by atoms with Crippen molar-refractivity contribution in [2.24, 2.45) is 11.7 Å². The van der Waals surface area contributed by atoms with Crippen molar-refractivity contribution in [3.8, 4) is 0 Å². The normalized spacial score (nSPS) is 14.1. The second kappa shape index (κ2) is 6.62. The summed E-state index contributed by atoms with van der Waals surface area (Å²) in [6.07, 6.45) is 0. The molecule has 0 fully saturated rings. The Balaban J connectivity index is 3.37.